The lowest BCUT2D eigenvalue weighted by molar-refractivity contribution is -0.137. The number of likely N-dealkylation sites (tertiary alicyclic amines) is 1. The van der Waals surface area contributed by atoms with Gasteiger partial charge >= 0.3 is 0 Å². The molecule has 1 fully saturated rings. The zero-order valence-corrected chi connectivity index (χ0v) is 11.7. The number of nitrogens with one attached hydrogen (secondary N) is 1. The van der Waals surface area contributed by atoms with Gasteiger partial charge in [-0.25, -0.2) is 4.39 Å². The number of hydrogen-bond acceptors (Lipinski definition) is 2. The lowest BCUT2D eigenvalue weighted by atomic mass is 10.0. The summed E-state index contributed by atoms with van der Waals surface area (Å²) in [6.07, 6.45) is 0.998. The summed E-state index contributed by atoms with van der Waals surface area (Å²) in [5.41, 5.74) is -0.0328. The van der Waals surface area contributed by atoms with Crippen LogP contribution < -0.4 is 5.32 Å². The number of carbonyl (C=O) groups excluding carboxylic acids is 2. The van der Waals surface area contributed by atoms with Crippen molar-refractivity contribution in [1.82, 2.24) is 10.2 Å². The third-order valence-electron chi connectivity index (χ3n) is 3.51. The normalized spacial score (nSPS) is 15.7. The summed E-state index contributed by atoms with van der Waals surface area (Å²) in [5.74, 6) is -1.26. The number of hydrogen-bond donors (Lipinski definition) is 1. The van der Waals surface area contributed by atoms with Crippen LogP contribution in [0.4, 0.5) is 4.39 Å². The molecular formula is C15H19FN2O2. The Hall–Kier alpha value is -1.91. The lowest BCUT2D eigenvalue weighted by Gasteiger charge is -2.35. The molecule has 1 aliphatic rings. The van der Waals surface area contributed by atoms with Gasteiger partial charge in [0.15, 0.2) is 0 Å². The Morgan fingerprint density at radius 2 is 1.90 bits per heavy atom. The topological polar surface area (TPSA) is 49.4 Å². The van der Waals surface area contributed by atoms with Gasteiger partial charge in [-0.2, -0.15) is 0 Å². The van der Waals surface area contributed by atoms with Crippen molar-refractivity contribution in [3.63, 3.8) is 0 Å². The maximum Gasteiger partial charge on any atom is 0.254 e. The van der Waals surface area contributed by atoms with Gasteiger partial charge in [0.1, 0.15) is 11.9 Å². The van der Waals surface area contributed by atoms with Crippen molar-refractivity contribution in [3.8, 4) is 0 Å². The highest BCUT2D eigenvalue weighted by atomic mass is 19.1. The largest absolute Gasteiger partial charge is 0.341 e. The summed E-state index contributed by atoms with van der Waals surface area (Å²) >= 11 is 0. The molecule has 0 saturated carbocycles. The molecule has 0 bridgehead atoms. The average Bonchev–Trinajstić information content (AvgIpc) is 2.33. The average molecular weight is 278 g/mol. The van der Waals surface area contributed by atoms with Gasteiger partial charge in [-0.15, -0.1) is 0 Å². The van der Waals surface area contributed by atoms with E-state index in [1.54, 1.807) is 11.0 Å². The highest BCUT2D eigenvalue weighted by Gasteiger charge is 2.31. The van der Waals surface area contributed by atoms with Crippen LogP contribution >= 0.6 is 0 Å². The van der Waals surface area contributed by atoms with Crippen LogP contribution in [0.5, 0.6) is 0 Å². The standard InChI is InChI=1S/C15H19FN2O2/c1-10(2)13(15(20)18-8-5-9-18)17-14(19)11-6-3-4-7-12(11)16/h3-4,6-7,10,13H,5,8-9H2,1-2H3,(H,17,19)/t13-/m1/s1. The second-order valence-corrected chi connectivity index (χ2v) is 5.35. The lowest BCUT2D eigenvalue weighted by Crippen LogP contribution is -2.55. The van der Waals surface area contributed by atoms with Crippen LogP contribution in [0.15, 0.2) is 24.3 Å². The second-order valence-electron chi connectivity index (χ2n) is 5.35. The summed E-state index contributed by atoms with van der Waals surface area (Å²) in [7, 11) is 0. The Kier molecular flexibility index (Phi) is 4.37. The third kappa shape index (κ3) is 2.98. The summed E-state index contributed by atoms with van der Waals surface area (Å²) in [6.45, 7) is 5.20. The SMILES string of the molecule is CC(C)[C@@H](NC(=O)c1ccccc1F)C(=O)N1CCC1. The first-order chi connectivity index (χ1) is 9.50. The molecular weight excluding hydrogens is 259 g/mol. The summed E-state index contributed by atoms with van der Waals surface area (Å²) in [6, 6.07) is 5.16. The molecule has 2 rings (SSSR count). The van der Waals surface area contributed by atoms with Crippen molar-refractivity contribution < 1.29 is 14.0 Å². The minimum absolute atomic E-state index is 0.0328. The summed E-state index contributed by atoms with van der Waals surface area (Å²) < 4.78 is 13.6. The number of benzene rings is 1. The molecule has 2 amide bonds. The monoisotopic (exact) mass is 278 g/mol. The van der Waals surface area contributed by atoms with E-state index in [9.17, 15) is 14.0 Å². The molecule has 0 unspecified atom stereocenters. The van der Waals surface area contributed by atoms with Gasteiger partial charge in [0.05, 0.1) is 5.56 Å². The second kappa shape index (κ2) is 6.03. The van der Waals surface area contributed by atoms with Crippen molar-refractivity contribution in [2.75, 3.05) is 13.1 Å². The van der Waals surface area contributed by atoms with E-state index in [0.29, 0.717) is 0 Å². The van der Waals surface area contributed by atoms with Crippen LogP contribution in [-0.4, -0.2) is 35.8 Å². The number of carbonyl (C=O) groups is 2. The molecule has 0 radical (unpaired) electrons. The predicted octanol–water partition coefficient (Wildman–Crippen LogP) is 1.81. The van der Waals surface area contributed by atoms with Crippen LogP contribution in [0.25, 0.3) is 0 Å². The molecule has 0 spiro atoms. The van der Waals surface area contributed by atoms with Gasteiger partial charge in [0.2, 0.25) is 5.91 Å². The van der Waals surface area contributed by atoms with Gasteiger partial charge in [0, 0.05) is 13.1 Å². The van der Waals surface area contributed by atoms with Gasteiger partial charge in [0.25, 0.3) is 5.91 Å². The molecule has 1 atom stereocenters. The maximum absolute atomic E-state index is 13.6. The van der Waals surface area contributed by atoms with Gasteiger partial charge < -0.3 is 10.2 Å². The van der Waals surface area contributed by atoms with E-state index in [0.717, 1.165) is 19.5 Å². The quantitative estimate of drug-likeness (QED) is 0.913. The Balaban J connectivity index is 2.10. The zero-order chi connectivity index (χ0) is 14.7. The number of rotatable bonds is 4. The Labute approximate surface area is 118 Å². The highest BCUT2D eigenvalue weighted by Crippen LogP contribution is 2.14. The molecule has 5 heteroatoms. The molecule has 0 aliphatic carbocycles. The summed E-state index contributed by atoms with van der Waals surface area (Å²) in [4.78, 5) is 26.0. The zero-order valence-electron chi connectivity index (χ0n) is 11.7. The molecule has 108 valence electrons. The summed E-state index contributed by atoms with van der Waals surface area (Å²) in [5, 5.41) is 2.65. The molecule has 1 saturated heterocycles. The molecule has 0 aromatic heterocycles. The van der Waals surface area contributed by atoms with Gasteiger partial charge in [-0.05, 0) is 24.5 Å². The molecule has 1 heterocycles. The van der Waals surface area contributed by atoms with Crippen molar-refractivity contribution in [2.45, 2.75) is 26.3 Å². The van der Waals surface area contributed by atoms with Gasteiger partial charge in [-0.3, -0.25) is 9.59 Å². The van der Waals surface area contributed by atoms with Crippen molar-refractivity contribution >= 4 is 11.8 Å². The van der Waals surface area contributed by atoms with Crippen LogP contribution in [-0.2, 0) is 4.79 Å². The maximum atomic E-state index is 13.6. The van der Waals surface area contributed by atoms with E-state index < -0.39 is 17.8 Å². The first-order valence-electron chi connectivity index (χ1n) is 6.85. The number of halogens is 1. The van der Waals surface area contributed by atoms with Crippen molar-refractivity contribution in [3.05, 3.63) is 35.6 Å². The number of nitrogens with zero attached hydrogens (tertiary/aromatic N) is 1. The fraction of sp³-hybridized carbons (Fsp3) is 0.467. The van der Waals surface area contributed by atoms with Crippen LogP contribution in [0, 0.1) is 11.7 Å². The number of amides is 2. The van der Waals surface area contributed by atoms with Gasteiger partial charge in [-0.1, -0.05) is 26.0 Å². The van der Waals surface area contributed by atoms with E-state index in [1.807, 2.05) is 13.8 Å². The molecule has 4 nitrogen and oxygen atoms in total. The highest BCUT2D eigenvalue weighted by molar-refractivity contribution is 5.97. The minimum Gasteiger partial charge on any atom is -0.341 e. The Bertz CT molecular complexity index is 512. The molecule has 1 aromatic carbocycles. The van der Waals surface area contributed by atoms with Crippen molar-refractivity contribution in [1.29, 1.82) is 0 Å². The first-order valence-corrected chi connectivity index (χ1v) is 6.85. The Morgan fingerprint density at radius 1 is 1.25 bits per heavy atom. The molecule has 1 N–H and O–H groups in total. The van der Waals surface area contributed by atoms with E-state index in [1.165, 1.54) is 18.2 Å². The van der Waals surface area contributed by atoms with E-state index >= 15 is 0 Å². The minimum atomic E-state index is -0.609. The van der Waals surface area contributed by atoms with Crippen LogP contribution in [0.2, 0.25) is 0 Å². The van der Waals surface area contributed by atoms with E-state index in [4.69, 9.17) is 0 Å². The third-order valence-corrected chi connectivity index (χ3v) is 3.51. The molecule has 1 aromatic rings. The Morgan fingerprint density at radius 3 is 2.40 bits per heavy atom. The van der Waals surface area contributed by atoms with E-state index in [-0.39, 0.29) is 17.4 Å². The van der Waals surface area contributed by atoms with E-state index in [2.05, 4.69) is 5.32 Å². The molecule has 1 aliphatic heterocycles. The predicted molar refractivity (Wildman–Crippen MR) is 73.7 cm³/mol. The fourth-order valence-electron chi connectivity index (χ4n) is 2.11. The van der Waals surface area contributed by atoms with Crippen LogP contribution in [0.3, 0.4) is 0 Å². The molecule has 20 heavy (non-hydrogen) atoms. The fourth-order valence-corrected chi connectivity index (χ4v) is 2.11. The van der Waals surface area contributed by atoms with Crippen molar-refractivity contribution in [2.24, 2.45) is 5.92 Å². The smallest absolute Gasteiger partial charge is 0.254 e. The van der Waals surface area contributed by atoms with Crippen LogP contribution in [0.1, 0.15) is 30.6 Å². The first kappa shape index (κ1) is 14.5.